The zero-order valence-electron chi connectivity index (χ0n) is 30.8. The van der Waals surface area contributed by atoms with E-state index < -0.39 is 58.4 Å². The Morgan fingerprint density at radius 1 is 0.720 bits per heavy atom. The number of unbranched alkanes of at least 4 members (excludes halogenated alkanes) is 8. The Balaban J connectivity index is 4.62. The average Bonchev–Trinajstić information content (AvgIpc) is 3.08. The zero-order chi connectivity index (χ0) is 37.3. The molecule has 0 fully saturated rings. The molecule has 0 rings (SSSR count). The van der Waals surface area contributed by atoms with Gasteiger partial charge in [-0.1, -0.05) is 115 Å². The Morgan fingerprint density at radius 2 is 1.36 bits per heavy atom. The molecule has 0 saturated carbocycles. The molecule has 3 N–H and O–H groups in total. The highest BCUT2D eigenvalue weighted by molar-refractivity contribution is 7.47. The fraction of sp³-hybridized carbons (Fsp3) is 0.711. The van der Waals surface area contributed by atoms with E-state index in [9.17, 15) is 28.9 Å². The van der Waals surface area contributed by atoms with Gasteiger partial charge < -0.3 is 24.6 Å². The summed E-state index contributed by atoms with van der Waals surface area (Å²) in [5, 5.41) is 18.2. The minimum Gasteiger partial charge on any atom is -0.462 e. The summed E-state index contributed by atoms with van der Waals surface area (Å²) in [6, 6.07) is 0. The Bertz CT molecular complexity index is 1050. The summed E-state index contributed by atoms with van der Waals surface area (Å²) in [6.07, 6.45) is 27.0. The van der Waals surface area contributed by atoms with Crippen molar-refractivity contribution >= 4 is 25.5 Å². The van der Waals surface area contributed by atoms with E-state index in [1.165, 1.54) is 44.6 Å². The largest absolute Gasteiger partial charge is 0.472 e. The van der Waals surface area contributed by atoms with Crippen LogP contribution in [-0.4, -0.2) is 71.5 Å². The number of aliphatic hydroxyl groups excluding tert-OH is 2. The third-order valence-corrected chi connectivity index (χ3v) is 8.34. The van der Waals surface area contributed by atoms with Gasteiger partial charge in [0.15, 0.2) is 11.9 Å². The first-order valence-corrected chi connectivity index (χ1v) is 19.9. The predicted octanol–water partition coefficient (Wildman–Crippen LogP) is 8.03. The highest BCUT2D eigenvalue weighted by atomic mass is 31.2. The van der Waals surface area contributed by atoms with Gasteiger partial charge in [-0.05, 0) is 50.5 Å². The van der Waals surface area contributed by atoms with Gasteiger partial charge in [0.05, 0.1) is 19.8 Å². The molecule has 0 radical (unpaired) electrons. The molecule has 0 heterocycles. The van der Waals surface area contributed by atoms with Gasteiger partial charge in [-0.2, -0.15) is 0 Å². The number of carbonyl (C=O) groups is 3. The molecule has 1 unspecified atom stereocenters. The highest BCUT2D eigenvalue weighted by Gasteiger charge is 2.27. The average molecular weight is 729 g/mol. The molecule has 11 nitrogen and oxygen atoms in total. The summed E-state index contributed by atoms with van der Waals surface area (Å²) in [5.74, 6) is -0.641. The van der Waals surface area contributed by atoms with Crippen molar-refractivity contribution in [1.82, 2.24) is 0 Å². The molecule has 0 saturated heterocycles. The maximum atomic E-state index is 12.5. The van der Waals surface area contributed by atoms with Crippen molar-refractivity contribution in [2.45, 2.75) is 142 Å². The van der Waals surface area contributed by atoms with Crippen molar-refractivity contribution in [2.75, 3.05) is 26.4 Å². The monoisotopic (exact) mass is 728 g/mol. The first kappa shape index (κ1) is 47.6. The van der Waals surface area contributed by atoms with Gasteiger partial charge in [0, 0.05) is 19.3 Å². The molecule has 0 aromatic heterocycles. The smallest absolute Gasteiger partial charge is 0.462 e. The summed E-state index contributed by atoms with van der Waals surface area (Å²) >= 11 is 0. The number of ether oxygens (including phenoxy) is 2. The van der Waals surface area contributed by atoms with Crippen LogP contribution in [0.1, 0.15) is 130 Å². The number of hydrogen-bond acceptors (Lipinski definition) is 10. The van der Waals surface area contributed by atoms with E-state index in [1.807, 2.05) is 6.08 Å². The fourth-order valence-corrected chi connectivity index (χ4v) is 5.27. The van der Waals surface area contributed by atoms with Gasteiger partial charge >= 0.3 is 19.8 Å². The molecule has 3 atom stereocenters. The van der Waals surface area contributed by atoms with Crippen LogP contribution in [-0.2, 0) is 37.5 Å². The fourth-order valence-electron chi connectivity index (χ4n) is 4.48. The maximum Gasteiger partial charge on any atom is 0.472 e. The molecule has 0 aromatic carbocycles. The molecule has 0 spiro atoms. The van der Waals surface area contributed by atoms with E-state index in [1.54, 1.807) is 12.2 Å². The summed E-state index contributed by atoms with van der Waals surface area (Å²) in [4.78, 5) is 46.9. The molecule has 0 amide bonds. The number of hydrogen-bond donors (Lipinski definition) is 3. The number of rotatable bonds is 33. The lowest BCUT2D eigenvalue weighted by molar-refractivity contribution is -0.161. The molecule has 12 heteroatoms. The third kappa shape index (κ3) is 32.8. The van der Waals surface area contributed by atoms with Gasteiger partial charge in [-0.25, -0.2) is 4.57 Å². The van der Waals surface area contributed by atoms with Crippen molar-refractivity contribution in [2.24, 2.45) is 5.92 Å². The topological polar surface area (TPSA) is 166 Å². The summed E-state index contributed by atoms with van der Waals surface area (Å²) in [7, 11) is -4.67. The number of phosphoric acid groups is 1. The molecule has 0 aromatic rings. The Morgan fingerprint density at radius 3 is 2.06 bits per heavy atom. The second-order valence-corrected chi connectivity index (χ2v) is 14.2. The summed E-state index contributed by atoms with van der Waals surface area (Å²) < 4.78 is 32.3. The SMILES string of the molecule is CCCCC/C=C\C/C=C\C/C=C\C=C\C(=O)CCCC(=O)O[C@H](COC(=O)CCCCCCCCC(C)C)COP(=O)(O)OC[C@@H](O)CO. The van der Waals surface area contributed by atoms with Gasteiger partial charge in [0.25, 0.3) is 0 Å². The number of carbonyl (C=O) groups excluding carboxylic acids is 3. The van der Waals surface area contributed by atoms with Crippen molar-refractivity contribution in [3.8, 4) is 0 Å². The number of esters is 2. The first-order valence-electron chi connectivity index (χ1n) is 18.4. The molecule has 50 heavy (non-hydrogen) atoms. The van der Waals surface area contributed by atoms with Crippen molar-refractivity contribution in [3.63, 3.8) is 0 Å². The van der Waals surface area contributed by atoms with E-state index in [0.29, 0.717) is 12.3 Å². The minimum absolute atomic E-state index is 0.106. The van der Waals surface area contributed by atoms with Crippen LogP contribution in [0.4, 0.5) is 0 Å². The first-order chi connectivity index (χ1) is 24.0. The molecular formula is C38H65O11P. The third-order valence-electron chi connectivity index (χ3n) is 7.39. The lowest BCUT2D eigenvalue weighted by atomic mass is 10.0. The molecule has 0 aliphatic heterocycles. The second kappa shape index (κ2) is 32.5. The van der Waals surface area contributed by atoms with Crippen molar-refractivity contribution < 1.29 is 52.6 Å². The number of allylic oxidation sites excluding steroid dienone is 8. The number of ketones is 1. The zero-order valence-corrected chi connectivity index (χ0v) is 31.6. The Kier molecular flexibility index (Phi) is 30.9. The minimum atomic E-state index is -4.67. The van der Waals surface area contributed by atoms with Gasteiger partial charge in [0.1, 0.15) is 12.7 Å². The molecule has 288 valence electrons. The van der Waals surface area contributed by atoms with Crippen LogP contribution in [0.5, 0.6) is 0 Å². The molecule has 0 aliphatic rings. The quantitative estimate of drug-likeness (QED) is 0.0150. The van der Waals surface area contributed by atoms with Gasteiger partial charge in [-0.15, -0.1) is 0 Å². The van der Waals surface area contributed by atoms with E-state index >= 15 is 0 Å². The Hall–Kier alpha value is -2.40. The lowest BCUT2D eigenvalue weighted by Gasteiger charge is -2.20. The van der Waals surface area contributed by atoms with Crippen LogP contribution in [0.3, 0.4) is 0 Å². The van der Waals surface area contributed by atoms with Crippen LogP contribution in [0.15, 0.2) is 48.6 Å². The Labute approximate surface area is 300 Å². The normalized spacial score (nSPS) is 14.6. The number of aliphatic hydroxyl groups is 2. The van der Waals surface area contributed by atoms with Crippen LogP contribution in [0.2, 0.25) is 0 Å². The van der Waals surface area contributed by atoms with Crippen LogP contribution in [0, 0.1) is 5.92 Å². The van der Waals surface area contributed by atoms with Crippen LogP contribution in [0.25, 0.3) is 0 Å². The summed E-state index contributed by atoms with van der Waals surface area (Å²) in [5.41, 5.74) is 0. The molecule has 0 bridgehead atoms. The second-order valence-electron chi connectivity index (χ2n) is 12.8. The van der Waals surface area contributed by atoms with Gasteiger partial charge in [-0.3, -0.25) is 23.4 Å². The van der Waals surface area contributed by atoms with Crippen LogP contribution >= 0.6 is 7.82 Å². The summed E-state index contributed by atoms with van der Waals surface area (Å²) in [6.45, 7) is 4.24. The molecular weight excluding hydrogens is 663 g/mol. The van der Waals surface area contributed by atoms with Crippen LogP contribution < -0.4 is 0 Å². The van der Waals surface area contributed by atoms with E-state index in [4.69, 9.17) is 19.1 Å². The lowest BCUT2D eigenvalue weighted by Crippen LogP contribution is -2.30. The number of phosphoric ester groups is 1. The van der Waals surface area contributed by atoms with E-state index in [0.717, 1.165) is 38.5 Å². The predicted molar refractivity (Wildman–Crippen MR) is 196 cm³/mol. The van der Waals surface area contributed by atoms with Crippen molar-refractivity contribution in [1.29, 1.82) is 0 Å². The maximum absolute atomic E-state index is 12.5. The molecule has 0 aliphatic carbocycles. The van der Waals surface area contributed by atoms with Crippen molar-refractivity contribution in [3.05, 3.63) is 48.6 Å². The standard InChI is InChI=1S/C38H65O11P/c1-4-5-6-7-8-9-10-11-12-13-14-18-21-25-34(40)26-23-28-38(43)49-36(32-48-50(44,45)47-30-35(41)29-39)31-46-37(42)27-22-19-16-15-17-20-24-33(2)3/h8-9,11-12,14,18,21,25,33,35-36,39,41H,4-7,10,13,15-17,19-20,22-24,26-32H2,1-3H3,(H,44,45)/b9-8-,12-11-,18-14-,25-21+/t35-,36+/m0/s1. The van der Waals surface area contributed by atoms with E-state index in [2.05, 4.69) is 49.6 Å². The van der Waals surface area contributed by atoms with Gasteiger partial charge in [0.2, 0.25) is 0 Å². The highest BCUT2D eigenvalue weighted by Crippen LogP contribution is 2.43. The van der Waals surface area contributed by atoms with E-state index in [-0.39, 0.29) is 31.5 Å².